The number of aromatic nitrogens is 5. The Balaban J connectivity index is 1.73. The highest BCUT2D eigenvalue weighted by molar-refractivity contribution is 9.10. The van der Waals surface area contributed by atoms with Gasteiger partial charge in [0, 0.05) is 36.2 Å². The van der Waals surface area contributed by atoms with E-state index in [1.165, 1.54) is 32.7 Å². The third-order valence-electron chi connectivity index (χ3n) is 4.59. The fourth-order valence-corrected chi connectivity index (χ4v) is 3.27. The number of rotatable bonds is 7. The summed E-state index contributed by atoms with van der Waals surface area (Å²) in [4.78, 5) is 33.3. The van der Waals surface area contributed by atoms with Crippen LogP contribution in [0.5, 0.6) is 5.75 Å². The van der Waals surface area contributed by atoms with Crippen LogP contribution in [0.25, 0.3) is 11.4 Å². The Bertz CT molecular complexity index is 1320. The quantitative estimate of drug-likeness (QED) is 0.327. The number of methoxy groups -OCH3 is 1. The normalized spacial score (nSPS) is 10.5. The molecule has 3 N–H and O–H groups in total. The van der Waals surface area contributed by atoms with Crippen molar-refractivity contribution in [1.29, 1.82) is 0 Å². The summed E-state index contributed by atoms with van der Waals surface area (Å²) in [5.74, 6) is 0.731. The largest absolute Gasteiger partial charge is 0.494 e. The van der Waals surface area contributed by atoms with E-state index >= 15 is 0 Å². The van der Waals surface area contributed by atoms with Crippen LogP contribution in [0.1, 0.15) is 10.4 Å². The molecule has 10 nitrogen and oxygen atoms in total. The van der Waals surface area contributed by atoms with E-state index in [2.05, 4.69) is 56.8 Å². The van der Waals surface area contributed by atoms with Gasteiger partial charge in [-0.3, -0.25) is 9.78 Å². The molecule has 4 aromatic heterocycles. The summed E-state index contributed by atoms with van der Waals surface area (Å²) in [6.45, 7) is 0. The van der Waals surface area contributed by atoms with Crippen molar-refractivity contribution in [3.63, 3.8) is 0 Å². The van der Waals surface area contributed by atoms with Crippen molar-refractivity contribution >= 4 is 44.8 Å². The topological polar surface area (TPSA) is 127 Å². The van der Waals surface area contributed by atoms with E-state index in [1.54, 1.807) is 18.3 Å². The number of amides is 1. The molecule has 4 aromatic rings. The third-order valence-corrected chi connectivity index (χ3v) is 5.06. The van der Waals surface area contributed by atoms with Gasteiger partial charge in [0.1, 0.15) is 17.3 Å². The van der Waals surface area contributed by atoms with Gasteiger partial charge in [0.2, 0.25) is 0 Å². The molecule has 0 aromatic carbocycles. The zero-order valence-corrected chi connectivity index (χ0v) is 19.6. The summed E-state index contributed by atoms with van der Waals surface area (Å²) in [5.41, 5.74) is 1.62. The van der Waals surface area contributed by atoms with Crippen molar-refractivity contribution in [3.8, 4) is 17.1 Å². The van der Waals surface area contributed by atoms with E-state index in [9.17, 15) is 9.18 Å². The zero-order chi connectivity index (χ0) is 24.1. The lowest BCUT2D eigenvalue weighted by Gasteiger charge is -2.16. The van der Waals surface area contributed by atoms with E-state index in [0.29, 0.717) is 39.9 Å². The fourth-order valence-electron chi connectivity index (χ4n) is 3.04. The van der Waals surface area contributed by atoms with Gasteiger partial charge in [-0.1, -0.05) is 0 Å². The molecule has 4 rings (SSSR count). The second-order valence-corrected chi connectivity index (χ2v) is 7.71. The molecule has 1 amide bonds. The molecule has 0 aliphatic heterocycles. The third kappa shape index (κ3) is 5.07. The molecule has 0 bridgehead atoms. The van der Waals surface area contributed by atoms with Crippen LogP contribution in [0.2, 0.25) is 0 Å². The molecule has 0 saturated heterocycles. The number of nitrogens with one attached hydrogen (secondary N) is 3. The molecule has 0 aliphatic rings. The predicted molar refractivity (Wildman–Crippen MR) is 128 cm³/mol. The minimum absolute atomic E-state index is 0.235. The van der Waals surface area contributed by atoms with Gasteiger partial charge >= 0.3 is 0 Å². The van der Waals surface area contributed by atoms with Crippen molar-refractivity contribution in [1.82, 2.24) is 30.2 Å². The lowest BCUT2D eigenvalue weighted by Crippen LogP contribution is -2.19. The first-order valence-electron chi connectivity index (χ1n) is 9.86. The van der Waals surface area contributed by atoms with Crippen LogP contribution in [0.3, 0.4) is 0 Å². The van der Waals surface area contributed by atoms with Crippen molar-refractivity contribution in [2.75, 3.05) is 24.8 Å². The second kappa shape index (κ2) is 10.2. The summed E-state index contributed by atoms with van der Waals surface area (Å²) in [5, 5.41) is 8.87. The Hall–Kier alpha value is -4.19. The Morgan fingerprint density at radius 3 is 2.38 bits per heavy atom. The molecular formula is C22H18BrFN8O2. The highest BCUT2D eigenvalue weighted by Crippen LogP contribution is 2.36. The molecular weight excluding hydrogens is 507 g/mol. The summed E-state index contributed by atoms with van der Waals surface area (Å²) in [6.07, 6.45) is 8.25. The van der Waals surface area contributed by atoms with Gasteiger partial charge in [0.05, 0.1) is 42.5 Å². The average Bonchev–Trinajstić information content (AvgIpc) is 2.85. The molecule has 0 atom stereocenters. The Labute approximate surface area is 202 Å². The summed E-state index contributed by atoms with van der Waals surface area (Å²) >= 11 is 3.35. The van der Waals surface area contributed by atoms with Crippen molar-refractivity contribution in [3.05, 3.63) is 71.2 Å². The minimum Gasteiger partial charge on any atom is -0.494 e. The maximum atomic E-state index is 13.3. The standard InChI is InChI=1S/C22H18BrFN8O2/c1-25-22(33)14-10-28-19(32-18-4-3-12(23)6-27-18)5-16(14)31-17-11-26-9-15(20(17)34-2)21-29-7-13(24)8-30-21/h3-11H,1-2H3,(H,25,33)(H2,27,28,31,32). The average molecular weight is 525 g/mol. The van der Waals surface area contributed by atoms with Gasteiger partial charge in [0.25, 0.3) is 5.91 Å². The summed E-state index contributed by atoms with van der Waals surface area (Å²) < 4.78 is 19.7. The van der Waals surface area contributed by atoms with E-state index in [1.807, 2.05) is 6.07 Å². The maximum absolute atomic E-state index is 13.3. The van der Waals surface area contributed by atoms with E-state index in [4.69, 9.17) is 4.74 Å². The number of nitrogens with zero attached hydrogens (tertiary/aromatic N) is 5. The lowest BCUT2D eigenvalue weighted by atomic mass is 10.1. The fraction of sp³-hybridized carbons (Fsp3) is 0.0909. The molecule has 0 fully saturated rings. The number of hydrogen-bond acceptors (Lipinski definition) is 9. The first-order chi connectivity index (χ1) is 16.5. The van der Waals surface area contributed by atoms with Crippen LogP contribution in [0, 0.1) is 5.82 Å². The second-order valence-electron chi connectivity index (χ2n) is 6.80. The summed E-state index contributed by atoms with van der Waals surface area (Å²) in [6, 6.07) is 5.28. The molecule has 0 unspecified atom stereocenters. The Morgan fingerprint density at radius 1 is 0.941 bits per heavy atom. The van der Waals surface area contributed by atoms with Gasteiger partial charge in [-0.05, 0) is 28.1 Å². The summed E-state index contributed by atoms with van der Waals surface area (Å²) in [7, 11) is 3.00. The molecule has 34 heavy (non-hydrogen) atoms. The molecule has 0 aliphatic carbocycles. The zero-order valence-electron chi connectivity index (χ0n) is 18.0. The van der Waals surface area contributed by atoms with Crippen LogP contribution in [0.15, 0.2) is 59.9 Å². The number of anilines is 4. The van der Waals surface area contributed by atoms with Gasteiger partial charge in [0.15, 0.2) is 17.4 Å². The highest BCUT2D eigenvalue weighted by atomic mass is 79.9. The maximum Gasteiger partial charge on any atom is 0.254 e. The van der Waals surface area contributed by atoms with Crippen molar-refractivity contribution in [2.24, 2.45) is 0 Å². The molecule has 172 valence electrons. The van der Waals surface area contributed by atoms with E-state index in [0.717, 1.165) is 16.9 Å². The smallest absolute Gasteiger partial charge is 0.254 e. The van der Waals surface area contributed by atoms with Crippen LogP contribution >= 0.6 is 15.9 Å². The van der Waals surface area contributed by atoms with E-state index in [-0.39, 0.29) is 11.7 Å². The van der Waals surface area contributed by atoms with Gasteiger partial charge < -0.3 is 20.7 Å². The molecule has 4 heterocycles. The van der Waals surface area contributed by atoms with Gasteiger partial charge in [-0.15, -0.1) is 0 Å². The van der Waals surface area contributed by atoms with Gasteiger partial charge in [-0.2, -0.15) is 0 Å². The van der Waals surface area contributed by atoms with Crippen LogP contribution < -0.4 is 20.7 Å². The number of carbonyl (C=O) groups excluding carboxylic acids is 1. The Morgan fingerprint density at radius 2 is 1.71 bits per heavy atom. The minimum atomic E-state index is -0.558. The molecule has 0 radical (unpaired) electrons. The number of halogens is 2. The van der Waals surface area contributed by atoms with Crippen LogP contribution in [-0.2, 0) is 0 Å². The Kier molecular flexibility index (Phi) is 6.87. The lowest BCUT2D eigenvalue weighted by molar-refractivity contribution is 0.0963. The van der Waals surface area contributed by atoms with Gasteiger partial charge in [-0.25, -0.2) is 24.3 Å². The molecule has 0 saturated carbocycles. The van der Waals surface area contributed by atoms with E-state index < -0.39 is 5.82 Å². The highest BCUT2D eigenvalue weighted by Gasteiger charge is 2.18. The number of pyridine rings is 3. The van der Waals surface area contributed by atoms with Crippen LogP contribution in [0.4, 0.5) is 27.4 Å². The van der Waals surface area contributed by atoms with Crippen LogP contribution in [-0.4, -0.2) is 45.0 Å². The van der Waals surface area contributed by atoms with Crippen molar-refractivity contribution < 1.29 is 13.9 Å². The first-order valence-corrected chi connectivity index (χ1v) is 10.7. The number of hydrogen-bond donors (Lipinski definition) is 3. The van der Waals surface area contributed by atoms with Crippen molar-refractivity contribution in [2.45, 2.75) is 0 Å². The number of carbonyl (C=O) groups is 1. The predicted octanol–water partition coefficient (Wildman–Crippen LogP) is 4.09. The molecule has 0 spiro atoms. The SMILES string of the molecule is CNC(=O)c1cnc(Nc2ccc(Br)cn2)cc1Nc1cncc(-c2ncc(F)cn2)c1OC. The first kappa shape index (κ1) is 23.0. The monoisotopic (exact) mass is 524 g/mol. The molecule has 12 heteroatoms. The number of ether oxygens (including phenoxy) is 1.